The maximum Gasteiger partial charge on any atom is 0.271 e. The minimum Gasteiger partial charge on any atom is -0.493 e. The fraction of sp³-hybridized carbons (Fsp3) is 0.333. The lowest BCUT2D eigenvalue weighted by molar-refractivity contribution is 0.0954. The van der Waals surface area contributed by atoms with Crippen LogP contribution >= 0.6 is 0 Å². The molecule has 0 fully saturated rings. The van der Waals surface area contributed by atoms with Gasteiger partial charge in [-0.15, -0.1) is 0 Å². The van der Waals surface area contributed by atoms with Crippen LogP contribution in [-0.2, 0) is 0 Å². The van der Waals surface area contributed by atoms with E-state index < -0.39 is 0 Å². The van der Waals surface area contributed by atoms with Crippen molar-refractivity contribution in [2.24, 2.45) is 5.10 Å². The summed E-state index contributed by atoms with van der Waals surface area (Å²) in [5.74, 6) is 2.04. The average Bonchev–Trinajstić information content (AvgIpc) is 2.70. The number of methoxy groups -OCH3 is 1. The molecule has 0 bridgehead atoms. The monoisotopic (exact) mass is 386 g/mol. The Morgan fingerprint density at radius 2 is 1.50 bits per heavy atom. The van der Waals surface area contributed by atoms with Gasteiger partial charge in [0, 0.05) is 5.56 Å². The molecule has 150 valence electrons. The van der Waals surface area contributed by atoms with E-state index in [2.05, 4.69) is 10.5 Å². The van der Waals surface area contributed by atoms with Gasteiger partial charge in [-0.2, -0.15) is 5.10 Å². The van der Waals surface area contributed by atoms with Crippen molar-refractivity contribution in [2.45, 2.75) is 20.8 Å². The van der Waals surface area contributed by atoms with E-state index in [-0.39, 0.29) is 5.91 Å². The van der Waals surface area contributed by atoms with Crippen LogP contribution in [0, 0.1) is 0 Å². The molecule has 1 amide bonds. The summed E-state index contributed by atoms with van der Waals surface area (Å²) in [7, 11) is 1.57. The smallest absolute Gasteiger partial charge is 0.271 e. The predicted molar refractivity (Wildman–Crippen MR) is 108 cm³/mol. The summed E-state index contributed by atoms with van der Waals surface area (Å²) in [6.45, 7) is 7.21. The Hall–Kier alpha value is -3.22. The molecule has 0 aliphatic carbocycles. The first-order valence-corrected chi connectivity index (χ1v) is 9.16. The summed E-state index contributed by atoms with van der Waals surface area (Å²) in [5, 5.41) is 4.01. The number of nitrogens with one attached hydrogen (secondary N) is 1. The van der Waals surface area contributed by atoms with Crippen molar-refractivity contribution in [1.82, 2.24) is 5.43 Å². The molecule has 0 spiro atoms. The van der Waals surface area contributed by atoms with Crippen LogP contribution < -0.4 is 24.4 Å². The summed E-state index contributed by atoms with van der Waals surface area (Å²) in [6.07, 6.45) is 1.54. The molecular formula is C21H26N2O5. The van der Waals surface area contributed by atoms with Crippen LogP contribution in [0.15, 0.2) is 41.5 Å². The highest BCUT2D eigenvalue weighted by atomic mass is 16.5. The molecule has 0 unspecified atom stereocenters. The van der Waals surface area contributed by atoms with Crippen molar-refractivity contribution in [2.75, 3.05) is 26.9 Å². The van der Waals surface area contributed by atoms with Crippen LogP contribution in [0.3, 0.4) is 0 Å². The van der Waals surface area contributed by atoms with Gasteiger partial charge in [-0.1, -0.05) is 0 Å². The maximum absolute atomic E-state index is 12.4. The number of hydrogen-bond donors (Lipinski definition) is 1. The van der Waals surface area contributed by atoms with Gasteiger partial charge in [0.1, 0.15) is 0 Å². The number of hydrogen-bond acceptors (Lipinski definition) is 6. The molecule has 2 rings (SSSR count). The second-order valence-electron chi connectivity index (χ2n) is 5.57. The second kappa shape index (κ2) is 10.8. The van der Waals surface area contributed by atoms with Gasteiger partial charge in [-0.25, -0.2) is 5.43 Å². The van der Waals surface area contributed by atoms with Crippen LogP contribution in [0.1, 0.15) is 36.7 Å². The number of nitrogens with zero attached hydrogens (tertiary/aromatic N) is 1. The summed E-state index contributed by atoms with van der Waals surface area (Å²) < 4.78 is 21.8. The Morgan fingerprint density at radius 1 is 0.893 bits per heavy atom. The number of amides is 1. The van der Waals surface area contributed by atoms with Crippen LogP contribution in [0.4, 0.5) is 0 Å². The van der Waals surface area contributed by atoms with Gasteiger partial charge in [0.05, 0.1) is 33.1 Å². The Bertz CT molecular complexity index is 820. The van der Waals surface area contributed by atoms with Crippen molar-refractivity contribution in [1.29, 1.82) is 0 Å². The Kier molecular flexibility index (Phi) is 8.14. The molecule has 0 atom stereocenters. The van der Waals surface area contributed by atoms with Gasteiger partial charge in [0.25, 0.3) is 5.91 Å². The first-order valence-electron chi connectivity index (χ1n) is 9.16. The zero-order valence-corrected chi connectivity index (χ0v) is 16.7. The summed E-state index contributed by atoms with van der Waals surface area (Å²) in [5.41, 5.74) is 3.70. The molecule has 2 aromatic rings. The zero-order valence-electron chi connectivity index (χ0n) is 16.7. The van der Waals surface area contributed by atoms with Gasteiger partial charge >= 0.3 is 0 Å². The van der Waals surface area contributed by atoms with Gasteiger partial charge < -0.3 is 18.9 Å². The third-order valence-electron chi connectivity index (χ3n) is 3.67. The first-order chi connectivity index (χ1) is 13.6. The molecule has 0 heterocycles. The summed E-state index contributed by atoms with van der Waals surface area (Å²) in [4.78, 5) is 12.4. The molecule has 0 aliphatic heterocycles. The minimum absolute atomic E-state index is 0.349. The third kappa shape index (κ3) is 5.64. The molecule has 7 nitrogen and oxygen atoms in total. The highest BCUT2D eigenvalue weighted by Crippen LogP contribution is 2.29. The summed E-state index contributed by atoms with van der Waals surface area (Å²) in [6, 6.07) is 10.4. The van der Waals surface area contributed by atoms with Crippen molar-refractivity contribution in [3.05, 3.63) is 47.5 Å². The number of carbonyl (C=O) groups excluding carboxylic acids is 1. The normalized spacial score (nSPS) is 10.6. The van der Waals surface area contributed by atoms with Crippen molar-refractivity contribution >= 4 is 12.1 Å². The fourth-order valence-corrected chi connectivity index (χ4v) is 2.46. The number of hydrazone groups is 1. The van der Waals surface area contributed by atoms with E-state index in [4.69, 9.17) is 18.9 Å². The van der Waals surface area contributed by atoms with Crippen molar-refractivity contribution in [3.63, 3.8) is 0 Å². The molecule has 0 aromatic heterocycles. The highest BCUT2D eigenvalue weighted by Gasteiger charge is 2.11. The lowest BCUT2D eigenvalue weighted by Gasteiger charge is -2.11. The number of benzene rings is 2. The largest absolute Gasteiger partial charge is 0.493 e. The number of ether oxygens (including phenoxy) is 4. The van der Waals surface area contributed by atoms with Crippen LogP contribution in [0.5, 0.6) is 23.0 Å². The minimum atomic E-state index is -0.349. The van der Waals surface area contributed by atoms with Gasteiger partial charge in [-0.3, -0.25) is 4.79 Å². The highest BCUT2D eigenvalue weighted by molar-refractivity contribution is 5.95. The van der Waals surface area contributed by atoms with Gasteiger partial charge in [-0.05, 0) is 62.7 Å². The van der Waals surface area contributed by atoms with Crippen LogP contribution in [0.25, 0.3) is 0 Å². The van der Waals surface area contributed by atoms with E-state index in [0.717, 1.165) is 5.56 Å². The molecular weight excluding hydrogens is 360 g/mol. The Balaban J connectivity index is 2.08. The lowest BCUT2D eigenvalue weighted by atomic mass is 10.2. The quantitative estimate of drug-likeness (QED) is 0.498. The average molecular weight is 386 g/mol. The van der Waals surface area contributed by atoms with Crippen LogP contribution in [0.2, 0.25) is 0 Å². The maximum atomic E-state index is 12.4. The third-order valence-corrected chi connectivity index (χ3v) is 3.67. The fourth-order valence-electron chi connectivity index (χ4n) is 2.46. The topological polar surface area (TPSA) is 78.4 Å². The lowest BCUT2D eigenvalue weighted by Crippen LogP contribution is -2.17. The SMILES string of the molecule is CCOc1ccc(/C=N/NC(=O)c2ccc(OCC)c(OCC)c2)cc1OC. The molecule has 1 N–H and O–H groups in total. The van der Waals surface area contributed by atoms with Crippen LogP contribution in [-0.4, -0.2) is 39.1 Å². The molecule has 0 saturated carbocycles. The zero-order chi connectivity index (χ0) is 20.4. The van der Waals surface area contributed by atoms with Crippen molar-refractivity contribution < 1.29 is 23.7 Å². The molecule has 2 aromatic carbocycles. The van der Waals surface area contributed by atoms with Gasteiger partial charge in [0.2, 0.25) is 0 Å². The van der Waals surface area contributed by atoms with E-state index in [1.165, 1.54) is 6.21 Å². The van der Waals surface area contributed by atoms with E-state index in [1.54, 1.807) is 37.4 Å². The first kappa shape index (κ1) is 21.1. The van der Waals surface area contributed by atoms with Crippen molar-refractivity contribution in [3.8, 4) is 23.0 Å². The molecule has 7 heteroatoms. The molecule has 0 saturated heterocycles. The van der Waals surface area contributed by atoms with E-state index in [0.29, 0.717) is 48.4 Å². The molecule has 28 heavy (non-hydrogen) atoms. The number of carbonyl (C=O) groups is 1. The molecule has 0 radical (unpaired) electrons. The summed E-state index contributed by atoms with van der Waals surface area (Å²) >= 11 is 0. The van der Waals surface area contributed by atoms with Gasteiger partial charge in [0.15, 0.2) is 23.0 Å². The number of rotatable bonds is 10. The predicted octanol–water partition coefficient (Wildman–Crippen LogP) is 3.66. The Labute approximate surface area is 165 Å². The second-order valence-corrected chi connectivity index (χ2v) is 5.57. The standard InChI is InChI=1S/C21H26N2O5/c1-5-26-17-10-8-15(12-19(17)25-4)14-22-23-21(24)16-9-11-18(27-6-2)20(13-16)28-7-3/h8-14H,5-7H2,1-4H3,(H,23,24)/b22-14+. The van der Waals surface area contributed by atoms with E-state index >= 15 is 0 Å². The van der Waals surface area contributed by atoms with E-state index in [9.17, 15) is 4.79 Å². The van der Waals surface area contributed by atoms with E-state index in [1.807, 2.05) is 26.8 Å². The Morgan fingerprint density at radius 3 is 2.14 bits per heavy atom. The molecule has 0 aliphatic rings.